The maximum Gasteiger partial charge on any atom is 0.217 e. The van der Waals surface area contributed by atoms with Gasteiger partial charge in [0.2, 0.25) is 5.91 Å². The summed E-state index contributed by atoms with van der Waals surface area (Å²) in [6.07, 6.45) is 4.54. The molecule has 0 unspecified atom stereocenters. The summed E-state index contributed by atoms with van der Waals surface area (Å²) < 4.78 is 5.54. The van der Waals surface area contributed by atoms with Crippen LogP contribution in [0.4, 0.5) is 0 Å². The second-order valence-corrected chi connectivity index (χ2v) is 3.79. The molecule has 0 aliphatic heterocycles. The Kier molecular flexibility index (Phi) is 6.07. The lowest BCUT2D eigenvalue weighted by atomic mass is 10.1. The highest BCUT2D eigenvalue weighted by molar-refractivity contribution is 5.73. The summed E-state index contributed by atoms with van der Waals surface area (Å²) in [5, 5.41) is 0. The van der Waals surface area contributed by atoms with Crippen molar-refractivity contribution in [3.8, 4) is 5.75 Å². The number of carbonyl (C=O) groups is 1. The molecule has 0 aliphatic carbocycles. The Balaban J connectivity index is 1.94. The molecule has 0 radical (unpaired) electrons. The maximum atomic E-state index is 10.5. The zero-order chi connectivity index (χ0) is 11.6. The number of para-hydroxylation sites is 1. The molecule has 0 bridgehead atoms. The fourth-order valence-electron chi connectivity index (χ4n) is 1.46. The molecule has 3 heteroatoms. The fourth-order valence-corrected chi connectivity index (χ4v) is 1.46. The number of nitrogens with two attached hydrogens (primary N) is 1. The molecule has 0 fully saturated rings. The molecular formula is C13H19NO2. The van der Waals surface area contributed by atoms with Gasteiger partial charge in [-0.25, -0.2) is 0 Å². The summed E-state index contributed by atoms with van der Waals surface area (Å²) in [7, 11) is 0. The zero-order valence-electron chi connectivity index (χ0n) is 9.52. The fraction of sp³-hybridized carbons (Fsp3) is 0.462. The van der Waals surface area contributed by atoms with Gasteiger partial charge in [0.05, 0.1) is 6.61 Å². The van der Waals surface area contributed by atoms with Crippen molar-refractivity contribution in [2.24, 2.45) is 5.73 Å². The number of hydrogen-bond acceptors (Lipinski definition) is 2. The van der Waals surface area contributed by atoms with E-state index < -0.39 is 0 Å². The third-order valence-electron chi connectivity index (χ3n) is 2.33. The van der Waals surface area contributed by atoms with Crippen LogP contribution in [0, 0.1) is 0 Å². The molecule has 1 aromatic carbocycles. The van der Waals surface area contributed by atoms with Crippen molar-refractivity contribution in [1.82, 2.24) is 0 Å². The van der Waals surface area contributed by atoms with Crippen LogP contribution in [0.15, 0.2) is 30.3 Å². The second kappa shape index (κ2) is 7.74. The number of ether oxygens (including phenoxy) is 1. The molecule has 1 amide bonds. The minimum absolute atomic E-state index is 0.208. The first-order chi connectivity index (χ1) is 7.79. The van der Waals surface area contributed by atoms with E-state index in [0.717, 1.165) is 38.0 Å². The molecule has 0 aromatic heterocycles. The van der Waals surface area contributed by atoms with Gasteiger partial charge in [-0.2, -0.15) is 0 Å². The average molecular weight is 221 g/mol. The average Bonchev–Trinajstić information content (AvgIpc) is 2.29. The van der Waals surface area contributed by atoms with Crippen LogP contribution in [-0.4, -0.2) is 12.5 Å². The molecule has 0 heterocycles. The molecule has 0 saturated carbocycles. The third kappa shape index (κ3) is 6.06. The summed E-state index contributed by atoms with van der Waals surface area (Å²) in [4.78, 5) is 10.5. The van der Waals surface area contributed by atoms with E-state index in [1.54, 1.807) is 0 Å². The van der Waals surface area contributed by atoms with Crippen molar-refractivity contribution in [2.45, 2.75) is 32.1 Å². The highest BCUT2D eigenvalue weighted by atomic mass is 16.5. The topological polar surface area (TPSA) is 52.3 Å². The third-order valence-corrected chi connectivity index (χ3v) is 2.33. The van der Waals surface area contributed by atoms with E-state index in [1.807, 2.05) is 30.3 Å². The number of hydrogen-bond donors (Lipinski definition) is 1. The van der Waals surface area contributed by atoms with Gasteiger partial charge in [0.25, 0.3) is 0 Å². The number of primary amides is 1. The van der Waals surface area contributed by atoms with Gasteiger partial charge in [-0.05, 0) is 25.0 Å². The number of rotatable bonds is 8. The number of unbranched alkanes of at least 4 members (excludes halogenated alkanes) is 3. The number of carbonyl (C=O) groups excluding carboxylic acids is 1. The van der Waals surface area contributed by atoms with Crippen molar-refractivity contribution in [3.05, 3.63) is 30.3 Å². The number of amides is 1. The lowest BCUT2D eigenvalue weighted by Gasteiger charge is -2.05. The summed E-state index contributed by atoms with van der Waals surface area (Å²) in [6.45, 7) is 0.737. The van der Waals surface area contributed by atoms with E-state index in [0.29, 0.717) is 6.42 Å². The first-order valence-electron chi connectivity index (χ1n) is 5.75. The van der Waals surface area contributed by atoms with Crippen molar-refractivity contribution in [2.75, 3.05) is 6.61 Å². The summed E-state index contributed by atoms with van der Waals surface area (Å²) in [5.41, 5.74) is 5.05. The SMILES string of the molecule is NC(=O)CCCCCCOc1ccccc1. The summed E-state index contributed by atoms with van der Waals surface area (Å²) in [5.74, 6) is 0.708. The zero-order valence-corrected chi connectivity index (χ0v) is 9.52. The molecule has 88 valence electrons. The van der Waals surface area contributed by atoms with Gasteiger partial charge in [-0.1, -0.05) is 31.0 Å². The summed E-state index contributed by atoms with van der Waals surface area (Å²) in [6, 6.07) is 9.79. The molecule has 0 spiro atoms. The van der Waals surface area contributed by atoms with Crippen LogP contribution in [0.1, 0.15) is 32.1 Å². The molecule has 2 N–H and O–H groups in total. The van der Waals surface area contributed by atoms with Crippen molar-refractivity contribution in [1.29, 1.82) is 0 Å². The van der Waals surface area contributed by atoms with Crippen molar-refractivity contribution < 1.29 is 9.53 Å². The molecule has 3 nitrogen and oxygen atoms in total. The van der Waals surface area contributed by atoms with Crippen LogP contribution in [0.2, 0.25) is 0 Å². The van der Waals surface area contributed by atoms with Gasteiger partial charge >= 0.3 is 0 Å². The highest BCUT2D eigenvalue weighted by Gasteiger charge is 1.95. The smallest absolute Gasteiger partial charge is 0.217 e. The normalized spacial score (nSPS) is 10.0. The van der Waals surface area contributed by atoms with Crippen LogP contribution >= 0.6 is 0 Å². The highest BCUT2D eigenvalue weighted by Crippen LogP contribution is 2.09. The Hall–Kier alpha value is -1.51. The van der Waals surface area contributed by atoms with Gasteiger partial charge in [-0.3, -0.25) is 4.79 Å². The van der Waals surface area contributed by atoms with Gasteiger partial charge in [-0.15, -0.1) is 0 Å². The van der Waals surface area contributed by atoms with E-state index >= 15 is 0 Å². The lowest BCUT2D eigenvalue weighted by molar-refractivity contribution is -0.118. The van der Waals surface area contributed by atoms with Crippen LogP contribution in [-0.2, 0) is 4.79 Å². The molecule has 0 aliphatic rings. The monoisotopic (exact) mass is 221 g/mol. The molecule has 1 aromatic rings. The predicted octanol–water partition coefficient (Wildman–Crippen LogP) is 2.50. The minimum Gasteiger partial charge on any atom is -0.494 e. The molecule has 1 rings (SSSR count). The van der Waals surface area contributed by atoms with Crippen LogP contribution in [0.5, 0.6) is 5.75 Å². The second-order valence-electron chi connectivity index (χ2n) is 3.79. The summed E-state index contributed by atoms with van der Waals surface area (Å²) >= 11 is 0. The maximum absolute atomic E-state index is 10.5. The van der Waals surface area contributed by atoms with E-state index in [9.17, 15) is 4.79 Å². The Morgan fingerprint density at radius 2 is 1.75 bits per heavy atom. The molecule has 0 saturated heterocycles. The minimum atomic E-state index is -0.208. The quantitative estimate of drug-likeness (QED) is 0.686. The van der Waals surface area contributed by atoms with E-state index in [4.69, 9.17) is 10.5 Å². The van der Waals surface area contributed by atoms with Crippen molar-refractivity contribution >= 4 is 5.91 Å². The Morgan fingerprint density at radius 3 is 2.44 bits per heavy atom. The predicted molar refractivity (Wildman–Crippen MR) is 64.2 cm³/mol. The molecule has 0 atom stereocenters. The van der Waals surface area contributed by atoms with E-state index in [-0.39, 0.29) is 5.91 Å². The Labute approximate surface area is 96.6 Å². The lowest BCUT2D eigenvalue weighted by Crippen LogP contribution is -2.09. The van der Waals surface area contributed by atoms with Crippen molar-refractivity contribution in [3.63, 3.8) is 0 Å². The van der Waals surface area contributed by atoms with Gasteiger partial charge < -0.3 is 10.5 Å². The first-order valence-corrected chi connectivity index (χ1v) is 5.75. The van der Waals surface area contributed by atoms with Gasteiger partial charge in [0, 0.05) is 6.42 Å². The van der Waals surface area contributed by atoms with Crippen LogP contribution < -0.4 is 10.5 Å². The van der Waals surface area contributed by atoms with Crippen LogP contribution in [0.25, 0.3) is 0 Å². The van der Waals surface area contributed by atoms with Gasteiger partial charge in [0.1, 0.15) is 5.75 Å². The number of benzene rings is 1. The largest absolute Gasteiger partial charge is 0.494 e. The van der Waals surface area contributed by atoms with E-state index in [2.05, 4.69) is 0 Å². The van der Waals surface area contributed by atoms with Crippen LogP contribution in [0.3, 0.4) is 0 Å². The molecule has 16 heavy (non-hydrogen) atoms. The first kappa shape index (κ1) is 12.6. The van der Waals surface area contributed by atoms with Gasteiger partial charge in [0.15, 0.2) is 0 Å². The van der Waals surface area contributed by atoms with E-state index in [1.165, 1.54) is 0 Å². The Bertz CT molecular complexity index is 298. The molecular weight excluding hydrogens is 202 g/mol. The Morgan fingerprint density at radius 1 is 1.06 bits per heavy atom. The standard InChI is InChI=1S/C13H19NO2/c14-13(15)10-6-1-2-7-11-16-12-8-4-3-5-9-12/h3-5,8-9H,1-2,6-7,10-11H2,(H2,14,15).